The number of nitrogens with zero attached hydrogens (tertiary/aromatic N) is 1. The molecular weight excluding hydrogens is 406 g/mol. The Balaban J connectivity index is 1.27. The summed E-state index contributed by atoms with van der Waals surface area (Å²) < 4.78 is 11.2. The minimum absolute atomic E-state index is 0.186. The highest BCUT2D eigenvalue weighted by Gasteiger charge is 2.09. The van der Waals surface area contributed by atoms with Gasteiger partial charge in [0.1, 0.15) is 17.8 Å². The molecule has 1 aromatic heterocycles. The van der Waals surface area contributed by atoms with Crippen LogP contribution in [0.3, 0.4) is 0 Å². The fourth-order valence-electron chi connectivity index (χ4n) is 3.04. The third-order valence-corrected chi connectivity index (χ3v) is 4.73. The summed E-state index contributed by atoms with van der Waals surface area (Å²) in [4.78, 5) is 28.0. The number of carbonyl (C=O) groups is 2. The van der Waals surface area contributed by atoms with Gasteiger partial charge < -0.3 is 20.2 Å². The minimum atomic E-state index is -0.493. The Hall–Kier alpha value is -4.39. The summed E-state index contributed by atoms with van der Waals surface area (Å²) in [6, 6.07) is 23.0. The maximum atomic E-state index is 12.4. The SMILES string of the molecule is NC(=O)c1ccc(Oc2ccc(C(=O)NCCc3coc(-c4ccccc4)n3)cc2)cc1. The van der Waals surface area contributed by atoms with Gasteiger partial charge in [-0.15, -0.1) is 0 Å². The quantitative estimate of drug-likeness (QED) is 0.438. The van der Waals surface area contributed by atoms with Gasteiger partial charge in [-0.2, -0.15) is 0 Å². The Morgan fingerprint density at radius 3 is 2.12 bits per heavy atom. The molecule has 0 aliphatic rings. The number of oxazole rings is 1. The topological polar surface area (TPSA) is 107 Å². The molecule has 2 amide bonds. The molecule has 3 aromatic carbocycles. The van der Waals surface area contributed by atoms with Crippen molar-refractivity contribution in [1.29, 1.82) is 0 Å². The molecule has 0 fully saturated rings. The summed E-state index contributed by atoms with van der Waals surface area (Å²) in [5, 5.41) is 2.88. The van der Waals surface area contributed by atoms with Crippen LogP contribution in [-0.4, -0.2) is 23.3 Å². The second kappa shape index (κ2) is 9.61. The van der Waals surface area contributed by atoms with Crippen molar-refractivity contribution in [2.75, 3.05) is 6.54 Å². The second-order valence-electron chi connectivity index (χ2n) is 7.03. The molecule has 160 valence electrons. The highest BCUT2D eigenvalue weighted by Crippen LogP contribution is 2.22. The van der Waals surface area contributed by atoms with Gasteiger partial charge in [-0.05, 0) is 60.7 Å². The third kappa shape index (κ3) is 5.20. The van der Waals surface area contributed by atoms with Crippen LogP contribution in [0.15, 0.2) is 89.5 Å². The summed E-state index contributed by atoms with van der Waals surface area (Å²) in [5.74, 6) is 1.02. The zero-order valence-corrected chi connectivity index (χ0v) is 17.2. The van der Waals surface area contributed by atoms with Crippen LogP contribution in [0.25, 0.3) is 11.5 Å². The van der Waals surface area contributed by atoms with E-state index in [1.807, 2.05) is 30.3 Å². The molecule has 4 rings (SSSR count). The van der Waals surface area contributed by atoms with Gasteiger partial charge in [0.15, 0.2) is 0 Å². The molecule has 0 aliphatic carbocycles. The first-order valence-corrected chi connectivity index (χ1v) is 10.0. The standard InChI is InChI=1S/C25H21N3O4/c26-23(29)17-6-10-21(11-7-17)32-22-12-8-18(9-13-22)24(30)27-15-14-20-16-31-25(28-20)19-4-2-1-3-5-19/h1-13,16H,14-15H2,(H2,26,29)(H,27,30). The van der Waals surface area contributed by atoms with E-state index in [0.717, 1.165) is 11.3 Å². The summed E-state index contributed by atoms with van der Waals surface area (Å²) in [6.45, 7) is 0.435. The summed E-state index contributed by atoms with van der Waals surface area (Å²) in [7, 11) is 0. The van der Waals surface area contributed by atoms with Gasteiger partial charge in [-0.25, -0.2) is 4.98 Å². The van der Waals surface area contributed by atoms with Crippen molar-refractivity contribution in [1.82, 2.24) is 10.3 Å². The molecular formula is C25H21N3O4. The third-order valence-electron chi connectivity index (χ3n) is 4.73. The Labute approximate surface area is 184 Å². The molecule has 0 unspecified atom stereocenters. The van der Waals surface area contributed by atoms with Gasteiger partial charge in [0.25, 0.3) is 5.91 Å². The number of nitrogens with two attached hydrogens (primary N) is 1. The highest BCUT2D eigenvalue weighted by molar-refractivity contribution is 5.94. The largest absolute Gasteiger partial charge is 0.457 e. The Kier molecular flexibility index (Phi) is 6.27. The van der Waals surface area contributed by atoms with Crippen LogP contribution < -0.4 is 15.8 Å². The van der Waals surface area contributed by atoms with E-state index < -0.39 is 5.91 Å². The summed E-state index contributed by atoms with van der Waals surface area (Å²) in [5.41, 5.74) is 7.84. The van der Waals surface area contributed by atoms with Gasteiger partial charge in [-0.3, -0.25) is 9.59 Å². The average molecular weight is 427 g/mol. The Bertz CT molecular complexity index is 1200. The zero-order valence-electron chi connectivity index (χ0n) is 17.2. The molecule has 0 saturated heterocycles. The molecule has 3 N–H and O–H groups in total. The first-order chi connectivity index (χ1) is 15.6. The smallest absolute Gasteiger partial charge is 0.251 e. The van der Waals surface area contributed by atoms with Crippen LogP contribution in [0.2, 0.25) is 0 Å². The Morgan fingerprint density at radius 1 is 0.875 bits per heavy atom. The monoisotopic (exact) mass is 427 g/mol. The number of ether oxygens (including phenoxy) is 1. The van der Waals surface area contributed by atoms with Crippen molar-refractivity contribution in [2.24, 2.45) is 5.73 Å². The number of hydrogen-bond acceptors (Lipinski definition) is 5. The molecule has 1 heterocycles. The van der Waals surface area contributed by atoms with Gasteiger partial charge in [0.05, 0.1) is 5.69 Å². The van der Waals surface area contributed by atoms with E-state index in [0.29, 0.717) is 41.5 Å². The lowest BCUT2D eigenvalue weighted by atomic mass is 10.2. The number of carbonyl (C=O) groups excluding carboxylic acids is 2. The molecule has 0 bridgehead atoms. The van der Waals surface area contributed by atoms with E-state index in [9.17, 15) is 9.59 Å². The number of nitrogens with one attached hydrogen (secondary N) is 1. The number of benzene rings is 3. The normalized spacial score (nSPS) is 10.5. The summed E-state index contributed by atoms with van der Waals surface area (Å²) >= 11 is 0. The zero-order chi connectivity index (χ0) is 22.3. The maximum Gasteiger partial charge on any atom is 0.251 e. The molecule has 0 radical (unpaired) electrons. The van der Waals surface area contributed by atoms with Crippen LogP contribution in [0.1, 0.15) is 26.4 Å². The summed E-state index contributed by atoms with van der Waals surface area (Å²) in [6.07, 6.45) is 2.17. The number of hydrogen-bond donors (Lipinski definition) is 2. The van der Waals surface area contributed by atoms with Gasteiger partial charge in [0.2, 0.25) is 11.8 Å². The molecule has 0 aliphatic heterocycles. The van der Waals surface area contributed by atoms with Gasteiger partial charge in [0, 0.05) is 29.7 Å². The van der Waals surface area contributed by atoms with E-state index in [4.69, 9.17) is 14.9 Å². The van der Waals surface area contributed by atoms with E-state index in [2.05, 4.69) is 10.3 Å². The number of primary amides is 1. The second-order valence-corrected chi connectivity index (χ2v) is 7.03. The van der Waals surface area contributed by atoms with Crippen molar-refractivity contribution >= 4 is 11.8 Å². The Morgan fingerprint density at radius 2 is 1.50 bits per heavy atom. The average Bonchev–Trinajstić information content (AvgIpc) is 3.29. The van der Waals surface area contributed by atoms with Crippen LogP contribution in [0, 0.1) is 0 Å². The number of amides is 2. The lowest BCUT2D eigenvalue weighted by Crippen LogP contribution is -2.25. The molecule has 4 aromatic rings. The van der Waals surface area contributed by atoms with Crippen LogP contribution in [-0.2, 0) is 6.42 Å². The number of rotatable bonds is 8. The van der Waals surface area contributed by atoms with E-state index in [1.54, 1.807) is 54.8 Å². The fraction of sp³-hybridized carbons (Fsp3) is 0.0800. The molecule has 7 nitrogen and oxygen atoms in total. The lowest BCUT2D eigenvalue weighted by molar-refractivity contribution is 0.0952. The maximum absolute atomic E-state index is 12.4. The fourth-order valence-corrected chi connectivity index (χ4v) is 3.04. The van der Waals surface area contributed by atoms with Crippen molar-refractivity contribution in [3.8, 4) is 23.0 Å². The molecule has 32 heavy (non-hydrogen) atoms. The van der Waals surface area contributed by atoms with Crippen molar-refractivity contribution in [2.45, 2.75) is 6.42 Å². The molecule has 7 heteroatoms. The molecule has 0 saturated carbocycles. The van der Waals surface area contributed by atoms with E-state index in [1.165, 1.54) is 0 Å². The first kappa shape index (κ1) is 20.9. The number of aromatic nitrogens is 1. The van der Waals surface area contributed by atoms with Crippen LogP contribution in [0.4, 0.5) is 0 Å². The van der Waals surface area contributed by atoms with Crippen molar-refractivity contribution in [3.05, 3.63) is 102 Å². The van der Waals surface area contributed by atoms with E-state index >= 15 is 0 Å². The highest BCUT2D eigenvalue weighted by atomic mass is 16.5. The first-order valence-electron chi connectivity index (χ1n) is 10.0. The van der Waals surface area contributed by atoms with Crippen LogP contribution in [0.5, 0.6) is 11.5 Å². The van der Waals surface area contributed by atoms with Crippen molar-refractivity contribution < 1.29 is 18.7 Å². The van der Waals surface area contributed by atoms with Gasteiger partial charge in [-0.1, -0.05) is 18.2 Å². The van der Waals surface area contributed by atoms with Crippen LogP contribution >= 0.6 is 0 Å². The lowest BCUT2D eigenvalue weighted by Gasteiger charge is -2.08. The van der Waals surface area contributed by atoms with E-state index in [-0.39, 0.29) is 5.91 Å². The molecule has 0 spiro atoms. The van der Waals surface area contributed by atoms with Gasteiger partial charge >= 0.3 is 0 Å². The minimum Gasteiger partial charge on any atom is -0.457 e. The molecule has 0 atom stereocenters. The van der Waals surface area contributed by atoms with Crippen molar-refractivity contribution in [3.63, 3.8) is 0 Å². The predicted octanol–water partition coefficient (Wildman–Crippen LogP) is 4.21. The predicted molar refractivity (Wildman–Crippen MR) is 119 cm³/mol.